The van der Waals surface area contributed by atoms with Gasteiger partial charge in [0.2, 0.25) is 5.91 Å². The molecule has 0 unspecified atom stereocenters. The Bertz CT molecular complexity index is 602. The van der Waals surface area contributed by atoms with Gasteiger partial charge < -0.3 is 14.6 Å². The average Bonchev–Trinajstić information content (AvgIpc) is 2.82. The number of benzene rings is 1. The minimum Gasteiger partial charge on any atom is -0.495 e. The molecule has 0 atom stereocenters. The highest BCUT2D eigenvalue weighted by Gasteiger charge is 2.08. The van der Waals surface area contributed by atoms with Gasteiger partial charge in [0.05, 0.1) is 12.8 Å². The summed E-state index contributed by atoms with van der Waals surface area (Å²) in [5.41, 5.74) is 2.96. The van der Waals surface area contributed by atoms with Gasteiger partial charge in [-0.15, -0.1) is 0 Å². The summed E-state index contributed by atoms with van der Waals surface area (Å²) in [6.07, 6.45) is 3.16. The lowest BCUT2D eigenvalue weighted by Crippen LogP contribution is -2.14. The average molecular weight is 272 g/mol. The number of rotatable bonds is 5. The van der Waals surface area contributed by atoms with E-state index in [-0.39, 0.29) is 5.91 Å². The third-order valence-corrected chi connectivity index (χ3v) is 3.29. The third-order valence-electron chi connectivity index (χ3n) is 3.29. The molecule has 4 heteroatoms. The van der Waals surface area contributed by atoms with Gasteiger partial charge in [-0.05, 0) is 43.2 Å². The van der Waals surface area contributed by atoms with Crippen molar-refractivity contribution in [3.8, 4) is 5.75 Å². The first-order valence-electron chi connectivity index (χ1n) is 6.65. The lowest BCUT2D eigenvalue weighted by Gasteiger charge is -2.11. The number of aryl methyl sites for hydroxylation is 3. The van der Waals surface area contributed by atoms with Crippen molar-refractivity contribution < 1.29 is 9.53 Å². The smallest absolute Gasteiger partial charge is 0.224 e. The Morgan fingerprint density at radius 1 is 1.35 bits per heavy atom. The second kappa shape index (κ2) is 6.28. The van der Waals surface area contributed by atoms with Gasteiger partial charge >= 0.3 is 0 Å². The summed E-state index contributed by atoms with van der Waals surface area (Å²) in [5, 5.41) is 2.91. The summed E-state index contributed by atoms with van der Waals surface area (Å²) in [4.78, 5) is 12.0. The molecule has 0 bridgehead atoms. The predicted molar refractivity (Wildman–Crippen MR) is 80.1 cm³/mol. The molecule has 0 radical (unpaired) electrons. The van der Waals surface area contributed by atoms with Crippen molar-refractivity contribution >= 4 is 11.6 Å². The molecule has 2 aromatic rings. The number of anilines is 1. The monoisotopic (exact) mass is 272 g/mol. The number of aromatic nitrogens is 1. The summed E-state index contributed by atoms with van der Waals surface area (Å²) in [7, 11) is 3.58. The summed E-state index contributed by atoms with van der Waals surface area (Å²) in [5.74, 6) is 0.679. The van der Waals surface area contributed by atoms with Gasteiger partial charge in [0.25, 0.3) is 0 Å². The maximum atomic E-state index is 12.0. The van der Waals surface area contributed by atoms with Crippen molar-refractivity contribution in [2.24, 2.45) is 7.05 Å². The third kappa shape index (κ3) is 3.41. The Morgan fingerprint density at radius 2 is 2.15 bits per heavy atom. The Kier molecular flexibility index (Phi) is 4.45. The van der Waals surface area contributed by atoms with Crippen LogP contribution < -0.4 is 10.1 Å². The number of methoxy groups -OCH3 is 1. The highest BCUT2D eigenvalue weighted by atomic mass is 16.5. The summed E-state index contributed by atoms with van der Waals surface area (Å²) in [6, 6.07) is 9.75. The van der Waals surface area contributed by atoms with E-state index in [1.165, 1.54) is 0 Å². The van der Waals surface area contributed by atoms with Gasteiger partial charge in [0, 0.05) is 25.4 Å². The Labute approximate surface area is 119 Å². The zero-order chi connectivity index (χ0) is 14.5. The molecule has 0 aliphatic rings. The van der Waals surface area contributed by atoms with Crippen molar-refractivity contribution in [3.63, 3.8) is 0 Å². The molecule has 0 saturated heterocycles. The predicted octanol–water partition coefficient (Wildman–Crippen LogP) is 2.91. The highest BCUT2D eigenvalue weighted by Crippen LogP contribution is 2.25. The molecule has 1 heterocycles. The molecule has 20 heavy (non-hydrogen) atoms. The van der Waals surface area contributed by atoms with Gasteiger partial charge in [0.1, 0.15) is 5.75 Å². The number of ether oxygens (including phenoxy) is 1. The van der Waals surface area contributed by atoms with Crippen LogP contribution in [0.15, 0.2) is 36.5 Å². The van der Waals surface area contributed by atoms with Crippen LogP contribution in [0.3, 0.4) is 0 Å². The van der Waals surface area contributed by atoms with Crippen LogP contribution in [0.5, 0.6) is 5.75 Å². The van der Waals surface area contributed by atoms with E-state index in [9.17, 15) is 4.79 Å². The molecular weight excluding hydrogens is 252 g/mol. The van der Waals surface area contributed by atoms with Crippen LogP contribution >= 0.6 is 0 Å². The van der Waals surface area contributed by atoms with Crippen LogP contribution in [0.25, 0.3) is 0 Å². The molecule has 1 aromatic heterocycles. The number of carbonyl (C=O) groups is 1. The molecule has 106 valence electrons. The summed E-state index contributed by atoms with van der Waals surface area (Å²) in [6.45, 7) is 1.99. The van der Waals surface area contributed by atoms with E-state index in [1.807, 2.05) is 55.1 Å². The van der Waals surface area contributed by atoms with Gasteiger partial charge in [-0.3, -0.25) is 4.79 Å². The molecule has 1 aromatic carbocycles. The van der Waals surface area contributed by atoms with E-state index < -0.39 is 0 Å². The minimum absolute atomic E-state index is 0.00454. The van der Waals surface area contributed by atoms with Crippen LogP contribution in [0.4, 0.5) is 5.69 Å². The molecule has 0 aliphatic heterocycles. The largest absolute Gasteiger partial charge is 0.495 e. The molecule has 0 aliphatic carbocycles. The van der Waals surface area contributed by atoms with Crippen molar-refractivity contribution in [2.45, 2.75) is 19.8 Å². The number of nitrogens with one attached hydrogen (secondary N) is 1. The molecule has 0 spiro atoms. The van der Waals surface area contributed by atoms with Crippen LogP contribution in [0, 0.1) is 6.92 Å². The van der Waals surface area contributed by atoms with E-state index >= 15 is 0 Å². The molecule has 1 amide bonds. The van der Waals surface area contributed by atoms with Crippen LogP contribution in [0.2, 0.25) is 0 Å². The summed E-state index contributed by atoms with van der Waals surface area (Å²) < 4.78 is 7.28. The fraction of sp³-hybridized carbons (Fsp3) is 0.312. The minimum atomic E-state index is -0.00454. The second-order valence-electron chi connectivity index (χ2n) is 4.86. The number of carbonyl (C=O) groups excluding carboxylic acids is 1. The maximum absolute atomic E-state index is 12.0. The van der Waals surface area contributed by atoms with Crippen LogP contribution in [-0.2, 0) is 18.3 Å². The first-order chi connectivity index (χ1) is 9.60. The number of amides is 1. The van der Waals surface area contributed by atoms with E-state index in [1.54, 1.807) is 7.11 Å². The van der Waals surface area contributed by atoms with E-state index in [0.717, 1.165) is 23.4 Å². The van der Waals surface area contributed by atoms with Crippen molar-refractivity contribution in [1.29, 1.82) is 0 Å². The zero-order valence-electron chi connectivity index (χ0n) is 12.1. The van der Waals surface area contributed by atoms with Crippen LogP contribution in [0.1, 0.15) is 17.7 Å². The first kappa shape index (κ1) is 14.2. The summed E-state index contributed by atoms with van der Waals surface area (Å²) >= 11 is 0. The molecular formula is C16H20N2O2. The van der Waals surface area contributed by atoms with Crippen LogP contribution in [-0.4, -0.2) is 17.6 Å². The van der Waals surface area contributed by atoms with Crippen molar-refractivity contribution in [1.82, 2.24) is 4.57 Å². The second-order valence-corrected chi connectivity index (χ2v) is 4.86. The van der Waals surface area contributed by atoms with E-state index in [2.05, 4.69) is 5.32 Å². The van der Waals surface area contributed by atoms with Gasteiger partial charge in [0.15, 0.2) is 0 Å². The standard InChI is InChI=1S/C16H20N2O2/c1-12-6-8-15(20-3)14(11-12)17-16(19)9-7-13-5-4-10-18(13)2/h4-6,8,10-11H,7,9H2,1-3H3,(H,17,19). The SMILES string of the molecule is COc1ccc(C)cc1NC(=O)CCc1cccn1C. The maximum Gasteiger partial charge on any atom is 0.224 e. The Balaban J connectivity index is 1.98. The fourth-order valence-electron chi connectivity index (χ4n) is 2.13. The van der Waals surface area contributed by atoms with Crippen molar-refractivity contribution in [2.75, 3.05) is 12.4 Å². The molecule has 4 nitrogen and oxygen atoms in total. The topological polar surface area (TPSA) is 43.3 Å². The number of hydrogen-bond donors (Lipinski definition) is 1. The molecule has 1 N–H and O–H groups in total. The highest BCUT2D eigenvalue weighted by molar-refractivity contribution is 5.92. The number of nitrogens with zero attached hydrogens (tertiary/aromatic N) is 1. The molecule has 0 fully saturated rings. The molecule has 2 rings (SSSR count). The first-order valence-corrected chi connectivity index (χ1v) is 6.65. The van der Waals surface area contributed by atoms with Gasteiger partial charge in [-0.25, -0.2) is 0 Å². The normalized spacial score (nSPS) is 10.3. The van der Waals surface area contributed by atoms with Gasteiger partial charge in [-0.2, -0.15) is 0 Å². The quantitative estimate of drug-likeness (QED) is 0.909. The zero-order valence-corrected chi connectivity index (χ0v) is 12.1. The fourth-order valence-corrected chi connectivity index (χ4v) is 2.13. The lowest BCUT2D eigenvalue weighted by atomic mass is 10.2. The van der Waals surface area contributed by atoms with E-state index in [0.29, 0.717) is 12.2 Å². The van der Waals surface area contributed by atoms with E-state index in [4.69, 9.17) is 4.74 Å². The molecule has 0 saturated carbocycles. The Morgan fingerprint density at radius 3 is 2.80 bits per heavy atom. The Hall–Kier alpha value is -2.23. The lowest BCUT2D eigenvalue weighted by molar-refractivity contribution is -0.116. The van der Waals surface area contributed by atoms with Gasteiger partial charge in [-0.1, -0.05) is 6.07 Å². The number of hydrogen-bond acceptors (Lipinski definition) is 2. The van der Waals surface area contributed by atoms with Crippen molar-refractivity contribution in [3.05, 3.63) is 47.8 Å².